The third kappa shape index (κ3) is 3.57. The summed E-state index contributed by atoms with van der Waals surface area (Å²) in [5, 5.41) is 7.06. The Morgan fingerprint density at radius 3 is 2.81 bits per heavy atom. The zero-order chi connectivity index (χ0) is 15.4. The number of aromatic nitrogens is 3. The summed E-state index contributed by atoms with van der Waals surface area (Å²) in [6.07, 6.45) is 3.33. The number of anilines is 1. The molecule has 2 rings (SSSR count). The van der Waals surface area contributed by atoms with Gasteiger partial charge in [-0.3, -0.25) is 14.6 Å². The maximum atomic E-state index is 11.5. The molecule has 1 amide bonds. The molecule has 0 fully saturated rings. The predicted octanol–water partition coefficient (Wildman–Crippen LogP) is 1.68. The fraction of sp³-hybridized carbons (Fsp3) is 0.231. The van der Waals surface area contributed by atoms with Crippen LogP contribution in [0.4, 0.5) is 5.82 Å². The zero-order valence-corrected chi connectivity index (χ0v) is 13.6. The first-order valence-corrected chi connectivity index (χ1v) is 7.12. The molecule has 7 nitrogen and oxygen atoms in total. The van der Waals surface area contributed by atoms with Crippen LogP contribution in [0.15, 0.2) is 24.5 Å². The van der Waals surface area contributed by atoms with Gasteiger partial charge in [-0.05, 0) is 34.7 Å². The molecule has 0 unspecified atom stereocenters. The second-order valence-corrected chi connectivity index (χ2v) is 5.25. The fourth-order valence-corrected chi connectivity index (χ4v) is 2.55. The van der Waals surface area contributed by atoms with Gasteiger partial charge in [0.05, 0.1) is 10.7 Å². The number of ether oxygens (including phenoxy) is 1. The highest BCUT2D eigenvalue weighted by molar-refractivity contribution is 14.1. The third-order valence-corrected chi connectivity index (χ3v) is 3.65. The van der Waals surface area contributed by atoms with E-state index in [1.54, 1.807) is 18.5 Å². The van der Waals surface area contributed by atoms with Gasteiger partial charge in [0.1, 0.15) is 18.1 Å². The summed E-state index contributed by atoms with van der Waals surface area (Å²) in [7, 11) is 1.30. The second-order valence-electron chi connectivity index (χ2n) is 4.17. The molecule has 0 bridgehead atoms. The minimum atomic E-state index is -0.446. The number of nitrogens with zero attached hydrogens (tertiary/aromatic N) is 3. The van der Waals surface area contributed by atoms with E-state index < -0.39 is 5.97 Å². The number of hydrogen-bond acceptors (Lipinski definition) is 5. The van der Waals surface area contributed by atoms with Crippen LogP contribution >= 0.6 is 22.6 Å². The predicted molar refractivity (Wildman–Crippen MR) is 84.5 cm³/mol. The summed E-state index contributed by atoms with van der Waals surface area (Å²) in [5.74, 6) is -0.220. The molecule has 0 aromatic carbocycles. The Morgan fingerprint density at radius 1 is 1.48 bits per heavy atom. The fourth-order valence-electron chi connectivity index (χ4n) is 1.71. The van der Waals surface area contributed by atoms with Crippen molar-refractivity contribution in [1.82, 2.24) is 14.8 Å². The Morgan fingerprint density at radius 2 is 2.24 bits per heavy atom. The van der Waals surface area contributed by atoms with E-state index in [4.69, 9.17) is 0 Å². The molecule has 2 aromatic heterocycles. The number of carbonyl (C=O) groups is 2. The molecule has 0 aliphatic carbocycles. The first kappa shape index (κ1) is 15.4. The summed E-state index contributed by atoms with van der Waals surface area (Å²) in [4.78, 5) is 26.8. The molecular weight excluding hydrogens is 387 g/mol. The van der Waals surface area contributed by atoms with E-state index >= 15 is 0 Å². The topological polar surface area (TPSA) is 86.1 Å². The summed E-state index contributed by atoms with van der Waals surface area (Å²) in [6, 6.07) is 3.65. The Hall–Kier alpha value is -1.97. The Kier molecular flexibility index (Phi) is 4.89. The van der Waals surface area contributed by atoms with Crippen LogP contribution in [0.25, 0.3) is 11.3 Å². The highest BCUT2D eigenvalue weighted by atomic mass is 127. The van der Waals surface area contributed by atoms with E-state index in [9.17, 15) is 9.59 Å². The first-order valence-electron chi connectivity index (χ1n) is 6.04. The van der Waals surface area contributed by atoms with Crippen molar-refractivity contribution in [2.45, 2.75) is 13.5 Å². The first-order chi connectivity index (χ1) is 10.0. The lowest BCUT2D eigenvalue weighted by atomic mass is 10.2. The van der Waals surface area contributed by atoms with Crippen molar-refractivity contribution >= 4 is 40.3 Å². The van der Waals surface area contributed by atoms with Crippen LogP contribution in [0.1, 0.15) is 6.92 Å². The smallest absolute Gasteiger partial charge is 0.327 e. The summed E-state index contributed by atoms with van der Waals surface area (Å²) >= 11 is 2.08. The molecule has 2 aromatic rings. The normalized spacial score (nSPS) is 10.2. The molecule has 0 saturated carbocycles. The number of methoxy groups -OCH3 is 1. The largest absolute Gasteiger partial charge is 0.468 e. The van der Waals surface area contributed by atoms with Crippen molar-refractivity contribution in [3.05, 3.63) is 28.1 Å². The Balaban J connectivity index is 2.48. The van der Waals surface area contributed by atoms with E-state index in [1.807, 2.05) is 6.07 Å². The van der Waals surface area contributed by atoms with Crippen LogP contribution in [-0.2, 0) is 20.9 Å². The van der Waals surface area contributed by atoms with Gasteiger partial charge >= 0.3 is 5.97 Å². The average Bonchev–Trinajstić information content (AvgIpc) is 2.76. The van der Waals surface area contributed by atoms with Gasteiger partial charge in [-0.15, -0.1) is 0 Å². The third-order valence-electron chi connectivity index (χ3n) is 2.63. The molecule has 2 heterocycles. The van der Waals surface area contributed by atoms with Gasteiger partial charge in [0.2, 0.25) is 5.91 Å². The molecule has 8 heteroatoms. The lowest BCUT2D eigenvalue weighted by Gasteiger charge is -2.06. The summed E-state index contributed by atoms with van der Waals surface area (Å²) in [6.45, 7) is 1.32. The number of amides is 1. The van der Waals surface area contributed by atoms with Crippen molar-refractivity contribution in [2.75, 3.05) is 12.4 Å². The van der Waals surface area contributed by atoms with E-state index in [0.29, 0.717) is 11.5 Å². The number of nitrogens with one attached hydrogen (secondary N) is 1. The number of rotatable bonds is 4. The SMILES string of the molecule is COC(=O)Cn1nc(-c2cccnc2)c(I)c1NC(C)=O. The monoisotopic (exact) mass is 400 g/mol. The van der Waals surface area contributed by atoms with Crippen LogP contribution in [0.3, 0.4) is 0 Å². The number of halogens is 1. The van der Waals surface area contributed by atoms with Crippen molar-refractivity contribution in [3.8, 4) is 11.3 Å². The minimum Gasteiger partial charge on any atom is -0.468 e. The number of hydrogen-bond donors (Lipinski definition) is 1. The van der Waals surface area contributed by atoms with Gasteiger partial charge in [0.25, 0.3) is 0 Å². The zero-order valence-electron chi connectivity index (χ0n) is 11.5. The van der Waals surface area contributed by atoms with Crippen LogP contribution < -0.4 is 5.32 Å². The number of pyridine rings is 1. The van der Waals surface area contributed by atoms with Crippen molar-refractivity contribution < 1.29 is 14.3 Å². The van der Waals surface area contributed by atoms with Crippen molar-refractivity contribution in [3.63, 3.8) is 0 Å². The Bertz CT molecular complexity index is 670. The number of esters is 1. The van der Waals surface area contributed by atoms with Gasteiger partial charge in [0.15, 0.2) is 0 Å². The molecule has 0 aliphatic rings. The Labute approximate surface area is 134 Å². The standard InChI is InChI=1S/C13H13IN4O3/c1-8(19)16-13-11(14)12(9-4-3-5-15-6-9)17-18(13)7-10(20)21-2/h3-6H,7H2,1-2H3,(H,16,19). The van der Waals surface area contributed by atoms with Gasteiger partial charge < -0.3 is 10.1 Å². The second kappa shape index (κ2) is 6.66. The van der Waals surface area contributed by atoms with Crippen molar-refractivity contribution in [1.29, 1.82) is 0 Å². The van der Waals surface area contributed by atoms with Crippen LogP contribution in [-0.4, -0.2) is 33.8 Å². The van der Waals surface area contributed by atoms with Crippen LogP contribution in [0.2, 0.25) is 0 Å². The lowest BCUT2D eigenvalue weighted by Crippen LogP contribution is -2.18. The molecule has 21 heavy (non-hydrogen) atoms. The van der Waals surface area contributed by atoms with Crippen LogP contribution in [0, 0.1) is 3.57 Å². The van der Waals surface area contributed by atoms with E-state index in [2.05, 4.69) is 42.7 Å². The van der Waals surface area contributed by atoms with E-state index in [-0.39, 0.29) is 12.5 Å². The summed E-state index contributed by atoms with van der Waals surface area (Å²) < 4.78 is 6.79. The number of carbonyl (C=O) groups excluding carboxylic acids is 2. The maximum absolute atomic E-state index is 11.5. The van der Waals surface area contributed by atoms with Gasteiger partial charge in [-0.1, -0.05) is 0 Å². The molecule has 1 N–H and O–H groups in total. The maximum Gasteiger partial charge on any atom is 0.327 e. The molecule has 0 spiro atoms. The highest BCUT2D eigenvalue weighted by Gasteiger charge is 2.20. The molecule has 0 atom stereocenters. The molecule has 0 aliphatic heterocycles. The van der Waals surface area contributed by atoms with E-state index in [1.165, 1.54) is 18.7 Å². The summed E-state index contributed by atoms with van der Waals surface area (Å²) in [5.41, 5.74) is 1.45. The van der Waals surface area contributed by atoms with Gasteiger partial charge in [-0.2, -0.15) is 5.10 Å². The molecule has 0 radical (unpaired) electrons. The van der Waals surface area contributed by atoms with Crippen molar-refractivity contribution in [2.24, 2.45) is 0 Å². The molecule has 110 valence electrons. The quantitative estimate of drug-likeness (QED) is 0.624. The van der Waals surface area contributed by atoms with Gasteiger partial charge in [-0.25, -0.2) is 4.68 Å². The van der Waals surface area contributed by atoms with Gasteiger partial charge in [0, 0.05) is 24.9 Å². The lowest BCUT2D eigenvalue weighted by molar-refractivity contribution is -0.141. The highest BCUT2D eigenvalue weighted by Crippen LogP contribution is 2.29. The average molecular weight is 400 g/mol. The van der Waals surface area contributed by atoms with E-state index in [0.717, 1.165) is 9.13 Å². The molecular formula is C13H13IN4O3. The van der Waals surface area contributed by atoms with Crippen LogP contribution in [0.5, 0.6) is 0 Å². The minimum absolute atomic E-state index is 0.0810. The molecule has 0 saturated heterocycles.